The Balaban J connectivity index is 3.07. The molecule has 0 fully saturated rings. The number of methoxy groups -OCH3 is 2. The largest absolute Gasteiger partial charge is 0.413 e. The smallest absolute Gasteiger partial charge is 0.192 e. The molecule has 0 saturated carbocycles. The molecule has 0 aliphatic carbocycles. The highest BCUT2D eigenvalue weighted by atomic mass is 28.4. The lowest BCUT2D eigenvalue weighted by Crippen LogP contribution is -2.52. The minimum absolute atomic E-state index is 0.0441. The van der Waals surface area contributed by atoms with Gasteiger partial charge in [-0.15, -0.1) is 0 Å². The maximum atomic E-state index is 11.7. The van der Waals surface area contributed by atoms with Gasteiger partial charge in [0, 0.05) is 38.6 Å². The highest BCUT2D eigenvalue weighted by molar-refractivity contribution is 6.74. The minimum atomic E-state index is -2.12. The van der Waals surface area contributed by atoms with Crippen molar-refractivity contribution in [3.05, 3.63) is 35.9 Å². The van der Waals surface area contributed by atoms with Crippen molar-refractivity contribution >= 4 is 14.6 Å². The van der Waals surface area contributed by atoms with E-state index in [0.29, 0.717) is 13.2 Å². The van der Waals surface area contributed by atoms with E-state index in [2.05, 4.69) is 59.8 Å². The van der Waals surface area contributed by atoms with E-state index in [9.17, 15) is 4.79 Å². The first-order valence-corrected chi connectivity index (χ1v) is 15.7. The van der Waals surface area contributed by atoms with Gasteiger partial charge in [-0.3, -0.25) is 0 Å². The number of benzene rings is 1. The molecule has 202 valence electrons. The van der Waals surface area contributed by atoms with Crippen molar-refractivity contribution in [1.29, 1.82) is 0 Å². The van der Waals surface area contributed by atoms with E-state index in [4.69, 9.17) is 23.4 Å². The predicted molar refractivity (Wildman–Crippen MR) is 144 cm³/mol. The molecule has 0 aliphatic heterocycles. The van der Waals surface area contributed by atoms with Crippen molar-refractivity contribution in [2.75, 3.05) is 27.6 Å². The van der Waals surface area contributed by atoms with Crippen molar-refractivity contribution in [3.8, 4) is 0 Å². The molecule has 7 heteroatoms. The van der Waals surface area contributed by atoms with Crippen LogP contribution in [0.1, 0.15) is 53.5 Å². The van der Waals surface area contributed by atoms with Crippen LogP contribution in [-0.2, 0) is 34.8 Å². The van der Waals surface area contributed by atoms with Crippen LogP contribution in [0.15, 0.2) is 30.3 Å². The first kappa shape index (κ1) is 31.9. The van der Waals surface area contributed by atoms with Crippen LogP contribution in [0.5, 0.6) is 0 Å². The van der Waals surface area contributed by atoms with Gasteiger partial charge in [0.15, 0.2) is 8.32 Å². The van der Waals surface area contributed by atoms with Crippen LogP contribution in [0, 0.1) is 17.8 Å². The third-order valence-corrected chi connectivity index (χ3v) is 11.9. The van der Waals surface area contributed by atoms with Crippen LogP contribution in [0.25, 0.3) is 0 Å². The van der Waals surface area contributed by atoms with Gasteiger partial charge in [-0.05, 0) is 30.1 Å². The molecular formula is C28H50O6Si. The first-order chi connectivity index (χ1) is 16.4. The summed E-state index contributed by atoms with van der Waals surface area (Å²) in [6.45, 7) is 18.7. The topological polar surface area (TPSA) is 63.2 Å². The molecule has 1 aromatic rings. The molecule has 35 heavy (non-hydrogen) atoms. The fourth-order valence-corrected chi connectivity index (χ4v) is 5.64. The summed E-state index contributed by atoms with van der Waals surface area (Å²) in [6.07, 6.45) is 1.17. The lowest BCUT2D eigenvalue weighted by molar-refractivity contribution is -0.143. The lowest BCUT2D eigenvalue weighted by Gasteiger charge is -2.46. The molecule has 1 aromatic carbocycles. The molecule has 0 saturated heterocycles. The lowest BCUT2D eigenvalue weighted by atomic mass is 9.82. The monoisotopic (exact) mass is 510 g/mol. The summed E-state index contributed by atoms with van der Waals surface area (Å²) >= 11 is 0. The molecule has 0 aromatic heterocycles. The highest BCUT2D eigenvalue weighted by Crippen LogP contribution is 2.41. The third-order valence-electron chi connectivity index (χ3n) is 7.45. The van der Waals surface area contributed by atoms with Crippen LogP contribution < -0.4 is 0 Å². The molecule has 0 heterocycles. The molecule has 6 atom stereocenters. The molecule has 1 rings (SSSR count). The van der Waals surface area contributed by atoms with Crippen LogP contribution in [-0.4, -0.2) is 60.5 Å². The van der Waals surface area contributed by atoms with Crippen molar-refractivity contribution in [1.82, 2.24) is 0 Å². The number of carbonyl (C=O) groups is 1. The number of hydrogen-bond donors (Lipinski definition) is 0. The van der Waals surface area contributed by atoms with Crippen LogP contribution >= 0.6 is 0 Å². The molecule has 0 unspecified atom stereocenters. The van der Waals surface area contributed by atoms with Gasteiger partial charge < -0.3 is 28.2 Å². The average Bonchev–Trinajstić information content (AvgIpc) is 2.82. The molecule has 0 spiro atoms. The van der Waals surface area contributed by atoms with E-state index < -0.39 is 8.32 Å². The number of carbonyl (C=O) groups excluding carboxylic acids is 1. The van der Waals surface area contributed by atoms with Crippen molar-refractivity contribution in [2.24, 2.45) is 17.8 Å². The molecule has 0 amide bonds. The molecule has 6 nitrogen and oxygen atoms in total. The van der Waals surface area contributed by atoms with Crippen LogP contribution in [0.4, 0.5) is 0 Å². The SMILES string of the molecule is COCO[C@H]([C@H](C)[C@@H](O[Si](C)(C)C(C)(C)C)[C@@H](C)[C@H](CCOCc1ccccc1)OC)[C@H](C)C=O. The van der Waals surface area contributed by atoms with Gasteiger partial charge in [-0.1, -0.05) is 71.9 Å². The zero-order valence-electron chi connectivity index (χ0n) is 23.7. The van der Waals surface area contributed by atoms with Gasteiger partial charge in [0.2, 0.25) is 0 Å². The summed E-state index contributed by atoms with van der Waals surface area (Å²) in [5, 5.41) is 0.0468. The number of hydrogen-bond acceptors (Lipinski definition) is 6. The van der Waals surface area contributed by atoms with E-state index in [1.165, 1.54) is 0 Å². The quantitative estimate of drug-likeness (QED) is 0.109. The highest BCUT2D eigenvalue weighted by Gasteiger charge is 2.45. The Morgan fingerprint density at radius 3 is 2.11 bits per heavy atom. The molecule has 0 aliphatic rings. The second kappa shape index (κ2) is 15.2. The summed E-state index contributed by atoms with van der Waals surface area (Å²) in [7, 11) is 1.22. The van der Waals surface area contributed by atoms with Gasteiger partial charge in [0.05, 0.1) is 24.9 Å². The fraction of sp³-hybridized carbons (Fsp3) is 0.750. The van der Waals surface area contributed by atoms with Gasteiger partial charge in [0.1, 0.15) is 13.1 Å². The van der Waals surface area contributed by atoms with Crippen molar-refractivity contribution < 1.29 is 28.2 Å². The molecule has 0 N–H and O–H groups in total. The van der Waals surface area contributed by atoms with E-state index in [-0.39, 0.29) is 47.9 Å². The predicted octanol–water partition coefficient (Wildman–Crippen LogP) is 6.10. The summed E-state index contributed by atoms with van der Waals surface area (Å²) in [4.78, 5) is 11.7. The van der Waals surface area contributed by atoms with E-state index >= 15 is 0 Å². The molecule has 0 radical (unpaired) electrons. The van der Waals surface area contributed by atoms with Crippen molar-refractivity contribution in [3.63, 3.8) is 0 Å². The second-order valence-corrected chi connectivity index (χ2v) is 16.0. The Morgan fingerprint density at radius 1 is 0.971 bits per heavy atom. The van der Waals surface area contributed by atoms with Crippen LogP contribution in [0.2, 0.25) is 18.1 Å². The Kier molecular flexibility index (Phi) is 13.9. The second-order valence-electron chi connectivity index (χ2n) is 11.2. The standard InChI is InChI=1S/C28H50O6Si/c1-21(18-29)26(33-20-30-7)23(3)27(34-35(9,10)28(4,5)6)22(2)25(31-8)16-17-32-19-24-14-12-11-13-15-24/h11-15,18,21-23,25-27H,16-17,19-20H2,1-10H3/t21-,22+,23+,25+,26+,27+/m1/s1. The Bertz CT molecular complexity index is 705. The van der Waals surface area contributed by atoms with Gasteiger partial charge >= 0.3 is 0 Å². The minimum Gasteiger partial charge on any atom is -0.413 e. The normalized spacial score (nSPS) is 17.9. The van der Waals surface area contributed by atoms with Gasteiger partial charge in [-0.25, -0.2) is 0 Å². The number of ether oxygens (including phenoxy) is 4. The Hall–Kier alpha value is -1.09. The van der Waals surface area contributed by atoms with Gasteiger partial charge in [0.25, 0.3) is 0 Å². The first-order valence-electron chi connectivity index (χ1n) is 12.8. The molecule has 0 bridgehead atoms. The maximum Gasteiger partial charge on any atom is 0.192 e. The average molecular weight is 511 g/mol. The molecular weight excluding hydrogens is 460 g/mol. The third kappa shape index (κ3) is 10.1. The van der Waals surface area contributed by atoms with E-state index in [0.717, 1.165) is 18.3 Å². The number of aldehydes is 1. The fourth-order valence-electron chi connectivity index (χ4n) is 4.17. The van der Waals surface area contributed by atoms with E-state index in [1.807, 2.05) is 25.1 Å². The Labute approximate surface area is 215 Å². The summed E-state index contributed by atoms with van der Waals surface area (Å²) in [6, 6.07) is 10.2. The van der Waals surface area contributed by atoms with Gasteiger partial charge in [-0.2, -0.15) is 0 Å². The summed E-state index contributed by atoms with van der Waals surface area (Å²) in [5.74, 6) is -0.262. The maximum absolute atomic E-state index is 11.7. The number of rotatable bonds is 17. The van der Waals surface area contributed by atoms with Crippen LogP contribution in [0.3, 0.4) is 0 Å². The Morgan fingerprint density at radius 2 is 1.60 bits per heavy atom. The van der Waals surface area contributed by atoms with Crippen molar-refractivity contribution in [2.45, 2.75) is 91.0 Å². The zero-order chi connectivity index (χ0) is 26.6. The summed E-state index contributed by atoms with van der Waals surface area (Å²) < 4.78 is 30.1. The zero-order valence-corrected chi connectivity index (χ0v) is 24.7. The summed E-state index contributed by atoms with van der Waals surface area (Å²) in [5.41, 5.74) is 1.16. The van der Waals surface area contributed by atoms with E-state index in [1.54, 1.807) is 14.2 Å².